The summed E-state index contributed by atoms with van der Waals surface area (Å²) in [5.74, 6) is 0.436. The Balaban J connectivity index is 1.91. The van der Waals surface area contributed by atoms with Crippen LogP contribution in [-0.4, -0.2) is 37.7 Å². The van der Waals surface area contributed by atoms with Crippen LogP contribution in [0.5, 0.6) is 5.75 Å². The highest BCUT2D eigenvalue weighted by atomic mass is 35.5. The number of halogens is 2. The fraction of sp³-hybridized carbons (Fsp3) is 0.684. The number of piperazine rings is 1. The molecule has 5 heteroatoms. The molecule has 1 saturated carbocycles. The predicted molar refractivity (Wildman–Crippen MR) is 96.3 cm³/mol. The summed E-state index contributed by atoms with van der Waals surface area (Å²) in [5, 5.41) is 3.80. The fourth-order valence-electron chi connectivity index (χ4n) is 4.22. The van der Waals surface area contributed by atoms with Crippen molar-refractivity contribution in [2.45, 2.75) is 45.1 Å². The second-order valence-electron chi connectivity index (χ2n) is 6.88. The molecule has 24 heavy (non-hydrogen) atoms. The smallest absolute Gasteiger partial charge is 0.173 e. The Morgan fingerprint density at radius 2 is 1.96 bits per heavy atom. The summed E-state index contributed by atoms with van der Waals surface area (Å²) in [4.78, 5) is 2.51. The Hall–Kier alpha value is -0.840. The third-order valence-corrected chi connectivity index (χ3v) is 5.57. The normalized spacial score (nSPS) is 21.6. The first-order chi connectivity index (χ1) is 11.7. The van der Waals surface area contributed by atoms with Gasteiger partial charge in [0.25, 0.3) is 0 Å². The molecule has 0 amide bonds. The Morgan fingerprint density at radius 1 is 1.25 bits per heavy atom. The van der Waals surface area contributed by atoms with Crippen LogP contribution in [0.3, 0.4) is 0 Å². The molecule has 3 rings (SSSR count). The predicted octanol–water partition coefficient (Wildman–Crippen LogP) is 4.40. The van der Waals surface area contributed by atoms with E-state index in [1.54, 1.807) is 6.07 Å². The van der Waals surface area contributed by atoms with Gasteiger partial charge in [0.05, 0.1) is 11.6 Å². The molecule has 1 aliphatic heterocycles. The van der Waals surface area contributed by atoms with Crippen LogP contribution < -0.4 is 10.1 Å². The van der Waals surface area contributed by atoms with Crippen molar-refractivity contribution >= 4 is 11.6 Å². The van der Waals surface area contributed by atoms with Crippen LogP contribution in [-0.2, 0) is 0 Å². The summed E-state index contributed by atoms with van der Waals surface area (Å²) < 4.78 is 19.9. The molecule has 134 valence electrons. The maximum Gasteiger partial charge on any atom is 0.173 e. The van der Waals surface area contributed by atoms with Crippen LogP contribution in [0.2, 0.25) is 5.02 Å². The van der Waals surface area contributed by atoms with Crippen molar-refractivity contribution in [1.29, 1.82) is 0 Å². The van der Waals surface area contributed by atoms with Crippen LogP contribution >= 0.6 is 11.6 Å². The largest absolute Gasteiger partial charge is 0.489 e. The van der Waals surface area contributed by atoms with Gasteiger partial charge < -0.3 is 10.1 Å². The number of hydrogen-bond acceptors (Lipinski definition) is 3. The summed E-state index contributed by atoms with van der Waals surface area (Å²) in [7, 11) is 0. The molecule has 2 fully saturated rings. The number of nitrogens with one attached hydrogen (secondary N) is 1. The van der Waals surface area contributed by atoms with Crippen molar-refractivity contribution in [3.8, 4) is 5.75 Å². The molecule has 1 heterocycles. The van der Waals surface area contributed by atoms with Gasteiger partial charge in [-0.05, 0) is 43.4 Å². The first-order valence-corrected chi connectivity index (χ1v) is 9.65. The van der Waals surface area contributed by atoms with Crippen molar-refractivity contribution in [3.05, 3.63) is 28.5 Å². The van der Waals surface area contributed by atoms with Gasteiger partial charge in [0.15, 0.2) is 11.6 Å². The summed E-state index contributed by atoms with van der Waals surface area (Å²) in [6.07, 6.45) is 6.33. The Bertz CT molecular complexity index is 501. The lowest BCUT2D eigenvalue weighted by Crippen LogP contribution is -2.47. The molecule has 0 unspecified atom stereocenters. The molecule has 2 aliphatic rings. The van der Waals surface area contributed by atoms with Gasteiger partial charge in [-0.1, -0.05) is 30.9 Å². The molecule has 1 N–H and O–H groups in total. The minimum Gasteiger partial charge on any atom is -0.489 e. The van der Waals surface area contributed by atoms with Crippen molar-refractivity contribution < 1.29 is 9.13 Å². The van der Waals surface area contributed by atoms with E-state index >= 15 is 0 Å². The maximum absolute atomic E-state index is 14.6. The monoisotopic (exact) mass is 354 g/mol. The van der Waals surface area contributed by atoms with E-state index in [4.69, 9.17) is 16.3 Å². The summed E-state index contributed by atoms with van der Waals surface area (Å²) in [5.41, 5.74) is 1.01. The second kappa shape index (κ2) is 8.50. The van der Waals surface area contributed by atoms with E-state index in [1.807, 2.05) is 13.0 Å². The van der Waals surface area contributed by atoms with Crippen LogP contribution in [0.4, 0.5) is 4.39 Å². The molecule has 0 spiro atoms. The highest BCUT2D eigenvalue weighted by molar-refractivity contribution is 6.32. The lowest BCUT2D eigenvalue weighted by atomic mass is 9.80. The van der Waals surface area contributed by atoms with Crippen molar-refractivity contribution in [1.82, 2.24) is 10.2 Å². The standard InChI is InChI=1S/C19H28ClFN2O/c1-2-24-19-16(20)12-15(13-17(19)21)18(14-6-4-3-5-7-14)23-10-8-22-9-11-23/h12-14,18,22H,2-11H2,1H3/t18-/m1/s1. The van der Waals surface area contributed by atoms with Crippen molar-refractivity contribution in [2.75, 3.05) is 32.8 Å². The molecular formula is C19H28ClFN2O. The van der Waals surface area contributed by atoms with Gasteiger partial charge in [-0.3, -0.25) is 4.90 Å². The minimum atomic E-state index is -0.338. The maximum atomic E-state index is 14.6. The number of hydrogen-bond donors (Lipinski definition) is 1. The van der Waals surface area contributed by atoms with E-state index in [0.717, 1.165) is 31.7 Å². The average Bonchev–Trinajstić information content (AvgIpc) is 2.60. The third kappa shape index (κ3) is 4.04. The van der Waals surface area contributed by atoms with Gasteiger partial charge in [0.2, 0.25) is 0 Å². The quantitative estimate of drug-likeness (QED) is 0.847. The highest BCUT2D eigenvalue weighted by Crippen LogP contribution is 2.41. The topological polar surface area (TPSA) is 24.5 Å². The number of benzene rings is 1. The van der Waals surface area contributed by atoms with Gasteiger partial charge in [0, 0.05) is 32.2 Å². The summed E-state index contributed by atoms with van der Waals surface area (Å²) in [6, 6.07) is 3.84. The number of rotatable bonds is 5. The second-order valence-corrected chi connectivity index (χ2v) is 7.28. The van der Waals surface area contributed by atoms with Crippen LogP contribution in [0, 0.1) is 11.7 Å². The van der Waals surface area contributed by atoms with Gasteiger partial charge in [-0.2, -0.15) is 0 Å². The van der Waals surface area contributed by atoms with Gasteiger partial charge in [0.1, 0.15) is 0 Å². The van der Waals surface area contributed by atoms with E-state index in [-0.39, 0.29) is 17.6 Å². The van der Waals surface area contributed by atoms with Crippen molar-refractivity contribution in [3.63, 3.8) is 0 Å². The Labute approximate surface area is 149 Å². The minimum absolute atomic E-state index is 0.186. The van der Waals surface area contributed by atoms with Crippen LogP contribution in [0.15, 0.2) is 12.1 Å². The molecule has 1 aromatic carbocycles. The molecule has 3 nitrogen and oxygen atoms in total. The van der Waals surface area contributed by atoms with E-state index in [1.165, 1.54) is 32.1 Å². The first kappa shape index (κ1) is 18.0. The first-order valence-electron chi connectivity index (χ1n) is 9.27. The summed E-state index contributed by atoms with van der Waals surface area (Å²) in [6.45, 7) is 6.27. The Kier molecular flexibility index (Phi) is 6.37. The van der Waals surface area contributed by atoms with Gasteiger partial charge in [-0.15, -0.1) is 0 Å². The molecule has 1 aromatic rings. The Morgan fingerprint density at radius 3 is 2.58 bits per heavy atom. The molecule has 1 atom stereocenters. The molecular weight excluding hydrogens is 327 g/mol. The molecule has 1 saturated heterocycles. The van der Waals surface area contributed by atoms with E-state index in [0.29, 0.717) is 17.5 Å². The number of ether oxygens (including phenoxy) is 1. The molecule has 0 radical (unpaired) electrons. The average molecular weight is 355 g/mol. The van der Waals surface area contributed by atoms with Crippen LogP contribution in [0.25, 0.3) is 0 Å². The zero-order valence-electron chi connectivity index (χ0n) is 14.5. The van der Waals surface area contributed by atoms with Gasteiger partial charge in [-0.25, -0.2) is 4.39 Å². The molecule has 0 bridgehead atoms. The van der Waals surface area contributed by atoms with E-state index in [2.05, 4.69) is 10.2 Å². The summed E-state index contributed by atoms with van der Waals surface area (Å²) >= 11 is 6.34. The number of nitrogens with zero attached hydrogens (tertiary/aromatic N) is 1. The lowest BCUT2D eigenvalue weighted by Gasteiger charge is -2.41. The van der Waals surface area contributed by atoms with E-state index < -0.39 is 0 Å². The van der Waals surface area contributed by atoms with Crippen LogP contribution in [0.1, 0.15) is 50.6 Å². The highest BCUT2D eigenvalue weighted by Gasteiger charge is 2.32. The van der Waals surface area contributed by atoms with Gasteiger partial charge >= 0.3 is 0 Å². The lowest BCUT2D eigenvalue weighted by molar-refractivity contribution is 0.103. The SMILES string of the molecule is CCOc1c(F)cc([C@@H](C2CCCCC2)N2CCNCC2)cc1Cl. The molecule has 0 aromatic heterocycles. The molecule has 1 aliphatic carbocycles. The van der Waals surface area contributed by atoms with Crippen molar-refractivity contribution in [2.24, 2.45) is 5.92 Å². The van der Waals surface area contributed by atoms with E-state index in [9.17, 15) is 4.39 Å². The fourth-order valence-corrected chi connectivity index (χ4v) is 4.49. The zero-order valence-corrected chi connectivity index (χ0v) is 15.2. The zero-order chi connectivity index (χ0) is 16.9. The third-order valence-electron chi connectivity index (χ3n) is 5.29.